The molecule has 1 aliphatic rings. The molecule has 2 aromatic carbocycles. The van der Waals surface area contributed by atoms with Crippen molar-refractivity contribution in [2.45, 2.75) is 59.4 Å². The minimum Gasteiger partial charge on any atom is -0.444 e. The number of fused-ring (bicyclic) bond motifs is 1. The van der Waals surface area contributed by atoms with Gasteiger partial charge in [-0.15, -0.1) is 0 Å². The number of benzene rings is 2. The van der Waals surface area contributed by atoms with Crippen molar-refractivity contribution in [1.29, 1.82) is 5.26 Å². The zero-order chi connectivity index (χ0) is 30.3. The number of hydrogen-bond donors (Lipinski definition) is 1. The summed E-state index contributed by atoms with van der Waals surface area (Å²) in [6, 6.07) is 13.4. The van der Waals surface area contributed by atoms with Crippen molar-refractivity contribution in [1.82, 2.24) is 20.2 Å². The highest BCUT2D eigenvalue weighted by atomic mass is 19.1. The third kappa shape index (κ3) is 8.49. The molecule has 0 bridgehead atoms. The molecule has 0 aliphatic carbocycles. The second-order valence-corrected chi connectivity index (χ2v) is 11.2. The number of halogens is 1. The zero-order valence-electron chi connectivity index (χ0n) is 24.6. The number of likely N-dealkylation sites (N-methyl/N-ethyl adjacent to an activating group) is 1. The molecule has 1 heterocycles. The number of anilines is 1. The van der Waals surface area contributed by atoms with E-state index < -0.39 is 23.4 Å². The Balaban J connectivity index is 1.68. The van der Waals surface area contributed by atoms with Crippen LogP contribution in [0.4, 0.5) is 14.9 Å². The SMILES string of the molecule is CC(C)N(CCN(C(=O)CNCC(=O)N(C)N1Cc2ccccc2C1)c1cc(C#N)ccc1F)C(=O)OC(C)(C)C. The van der Waals surface area contributed by atoms with Gasteiger partial charge in [0.25, 0.3) is 5.91 Å². The van der Waals surface area contributed by atoms with Crippen molar-refractivity contribution < 1.29 is 23.5 Å². The number of hydrazine groups is 1. The molecule has 41 heavy (non-hydrogen) atoms. The molecule has 3 amide bonds. The normalized spacial score (nSPS) is 13.0. The van der Waals surface area contributed by atoms with E-state index in [4.69, 9.17) is 4.74 Å². The summed E-state index contributed by atoms with van der Waals surface area (Å²) in [6.07, 6.45) is -0.554. The molecule has 11 heteroatoms. The van der Waals surface area contributed by atoms with Crippen LogP contribution in [0.1, 0.15) is 51.3 Å². The van der Waals surface area contributed by atoms with Crippen LogP contribution >= 0.6 is 0 Å². The van der Waals surface area contributed by atoms with Gasteiger partial charge in [-0.2, -0.15) is 5.26 Å². The molecule has 0 saturated heterocycles. The van der Waals surface area contributed by atoms with E-state index in [0.717, 1.165) is 17.2 Å². The lowest BCUT2D eigenvalue weighted by Gasteiger charge is -2.32. The van der Waals surface area contributed by atoms with Crippen molar-refractivity contribution >= 4 is 23.6 Å². The van der Waals surface area contributed by atoms with E-state index in [2.05, 4.69) is 5.32 Å². The molecule has 0 radical (unpaired) electrons. The second-order valence-electron chi connectivity index (χ2n) is 11.2. The predicted octanol–water partition coefficient (Wildman–Crippen LogP) is 3.65. The van der Waals surface area contributed by atoms with Crippen molar-refractivity contribution in [3.63, 3.8) is 0 Å². The maximum Gasteiger partial charge on any atom is 0.410 e. The van der Waals surface area contributed by atoms with Gasteiger partial charge in [0.15, 0.2) is 0 Å². The van der Waals surface area contributed by atoms with Crippen LogP contribution in [-0.4, -0.2) is 77.7 Å². The topological polar surface area (TPSA) is 109 Å². The zero-order valence-corrected chi connectivity index (χ0v) is 24.6. The van der Waals surface area contributed by atoms with Crippen LogP contribution < -0.4 is 10.2 Å². The molecule has 3 rings (SSSR count). The molecule has 0 unspecified atom stereocenters. The summed E-state index contributed by atoms with van der Waals surface area (Å²) in [4.78, 5) is 41.7. The summed E-state index contributed by atoms with van der Waals surface area (Å²) >= 11 is 0. The first-order chi connectivity index (χ1) is 19.3. The third-order valence-corrected chi connectivity index (χ3v) is 6.64. The fraction of sp³-hybridized carbons (Fsp3) is 0.467. The molecule has 0 fully saturated rings. The van der Waals surface area contributed by atoms with Crippen LogP contribution in [0.15, 0.2) is 42.5 Å². The molecule has 0 saturated carbocycles. The molecule has 0 aromatic heterocycles. The van der Waals surface area contributed by atoms with Crippen molar-refractivity contribution in [2.75, 3.05) is 38.1 Å². The maximum atomic E-state index is 14.9. The van der Waals surface area contributed by atoms with Gasteiger partial charge in [0.05, 0.1) is 30.4 Å². The number of nitrogens with zero attached hydrogens (tertiary/aromatic N) is 5. The van der Waals surface area contributed by atoms with Crippen molar-refractivity contribution in [3.05, 3.63) is 65.0 Å². The highest BCUT2D eigenvalue weighted by molar-refractivity contribution is 5.95. The molecule has 0 atom stereocenters. The minimum absolute atomic E-state index is 0.0520. The van der Waals surface area contributed by atoms with E-state index in [0.29, 0.717) is 13.1 Å². The molecule has 10 nitrogen and oxygen atoms in total. The number of rotatable bonds is 10. The monoisotopic (exact) mass is 566 g/mol. The Kier molecular flexibility index (Phi) is 10.4. The lowest BCUT2D eigenvalue weighted by Crippen LogP contribution is -2.49. The first-order valence-corrected chi connectivity index (χ1v) is 13.6. The number of carbonyl (C=O) groups is 3. The largest absolute Gasteiger partial charge is 0.444 e. The number of amides is 3. The lowest BCUT2D eigenvalue weighted by atomic mass is 10.1. The molecule has 220 valence electrons. The van der Waals surface area contributed by atoms with Crippen LogP contribution in [0.3, 0.4) is 0 Å². The van der Waals surface area contributed by atoms with Crippen LogP contribution in [0.5, 0.6) is 0 Å². The van der Waals surface area contributed by atoms with Crippen LogP contribution in [0, 0.1) is 17.1 Å². The summed E-state index contributed by atoms with van der Waals surface area (Å²) in [5.41, 5.74) is 1.71. The molecule has 0 spiro atoms. The average molecular weight is 567 g/mol. The Morgan fingerprint density at radius 3 is 2.22 bits per heavy atom. The Morgan fingerprint density at radius 1 is 1.05 bits per heavy atom. The summed E-state index contributed by atoms with van der Waals surface area (Å²) in [5.74, 6) is -1.43. The number of ether oxygens (including phenoxy) is 1. The highest BCUT2D eigenvalue weighted by Crippen LogP contribution is 2.24. The van der Waals surface area contributed by atoms with E-state index in [1.54, 1.807) is 27.8 Å². The molecule has 1 N–H and O–H groups in total. The number of nitrogens with one attached hydrogen (secondary N) is 1. The average Bonchev–Trinajstić information content (AvgIpc) is 3.34. The summed E-state index contributed by atoms with van der Waals surface area (Å²) in [5, 5.41) is 15.7. The van der Waals surface area contributed by atoms with E-state index in [1.165, 1.54) is 26.9 Å². The van der Waals surface area contributed by atoms with Gasteiger partial charge >= 0.3 is 6.09 Å². The minimum atomic E-state index is -0.714. The Hall–Kier alpha value is -4.01. The van der Waals surface area contributed by atoms with Gasteiger partial charge in [-0.3, -0.25) is 19.9 Å². The molecular formula is C30H39FN6O4. The van der Waals surface area contributed by atoms with Gasteiger partial charge in [0.1, 0.15) is 11.4 Å². The molecule has 2 aromatic rings. The van der Waals surface area contributed by atoms with Gasteiger partial charge in [-0.1, -0.05) is 24.3 Å². The highest BCUT2D eigenvalue weighted by Gasteiger charge is 2.28. The Labute approximate surface area is 241 Å². The third-order valence-electron chi connectivity index (χ3n) is 6.64. The number of carbonyl (C=O) groups excluding carboxylic acids is 3. The standard InChI is InChI=1S/C30H39FN6O4/c1-21(2)36(29(40)41-30(3,4)5)13-14-37(26-15-22(16-32)11-12-25(26)31)28(39)18-33-17-27(38)34(6)35-19-23-9-7-8-10-24(23)20-35/h7-12,15,21,33H,13-14,17-20H2,1-6H3. The Bertz CT molecular complexity index is 1280. The maximum absolute atomic E-state index is 14.9. The van der Waals surface area contributed by atoms with Crippen LogP contribution in [0.2, 0.25) is 0 Å². The van der Waals surface area contributed by atoms with E-state index in [1.807, 2.05) is 49.2 Å². The van der Waals surface area contributed by atoms with Gasteiger partial charge in [-0.05, 0) is 63.9 Å². The van der Waals surface area contributed by atoms with E-state index in [9.17, 15) is 24.0 Å². The van der Waals surface area contributed by atoms with E-state index >= 15 is 0 Å². The van der Waals surface area contributed by atoms with Gasteiger partial charge in [-0.25, -0.2) is 14.2 Å². The molecule has 1 aliphatic heterocycles. The predicted molar refractivity (Wildman–Crippen MR) is 153 cm³/mol. The second kappa shape index (κ2) is 13.6. The van der Waals surface area contributed by atoms with Gasteiger partial charge < -0.3 is 14.5 Å². The Morgan fingerprint density at radius 2 is 1.66 bits per heavy atom. The summed E-state index contributed by atoms with van der Waals surface area (Å²) in [6.45, 7) is 9.77. The fourth-order valence-electron chi connectivity index (χ4n) is 4.43. The lowest BCUT2D eigenvalue weighted by molar-refractivity contribution is -0.145. The first kappa shape index (κ1) is 31.5. The van der Waals surface area contributed by atoms with Crippen molar-refractivity contribution in [3.8, 4) is 6.07 Å². The quantitative estimate of drug-likeness (QED) is 0.468. The van der Waals surface area contributed by atoms with Crippen molar-refractivity contribution in [2.24, 2.45) is 0 Å². The van der Waals surface area contributed by atoms with Gasteiger partial charge in [0.2, 0.25) is 5.91 Å². The van der Waals surface area contributed by atoms with E-state index in [-0.39, 0.29) is 49.4 Å². The summed E-state index contributed by atoms with van der Waals surface area (Å²) < 4.78 is 20.4. The molecular weight excluding hydrogens is 527 g/mol. The van der Waals surface area contributed by atoms with Crippen LogP contribution in [-0.2, 0) is 27.4 Å². The smallest absolute Gasteiger partial charge is 0.410 e. The fourth-order valence-corrected chi connectivity index (χ4v) is 4.43. The number of nitriles is 1. The first-order valence-electron chi connectivity index (χ1n) is 13.6. The van der Waals surface area contributed by atoms with Gasteiger partial charge in [0, 0.05) is 39.3 Å². The number of hydrogen-bond acceptors (Lipinski definition) is 7. The van der Waals surface area contributed by atoms with Crippen LogP contribution in [0.25, 0.3) is 0 Å². The summed E-state index contributed by atoms with van der Waals surface area (Å²) in [7, 11) is 1.68.